The van der Waals surface area contributed by atoms with Gasteiger partial charge in [-0.25, -0.2) is 9.37 Å². The maximum Gasteiger partial charge on any atom is 0.419 e. The summed E-state index contributed by atoms with van der Waals surface area (Å²) >= 11 is 5.61. The van der Waals surface area contributed by atoms with E-state index in [9.17, 15) is 17.6 Å². The highest BCUT2D eigenvalue weighted by Crippen LogP contribution is 2.34. The van der Waals surface area contributed by atoms with Crippen molar-refractivity contribution in [2.45, 2.75) is 6.18 Å². The molecule has 0 unspecified atom stereocenters. The number of halogens is 5. The molecule has 0 N–H and O–H groups in total. The summed E-state index contributed by atoms with van der Waals surface area (Å²) in [6, 6.07) is 5.13. The SMILES string of the molecule is Fc1ccc(Oc2ccnc(Cl)c2)cc1C(F)(F)F. The van der Waals surface area contributed by atoms with Crippen LogP contribution in [0.5, 0.6) is 11.5 Å². The Kier molecular flexibility index (Phi) is 3.61. The third-order valence-corrected chi connectivity index (χ3v) is 2.38. The van der Waals surface area contributed by atoms with Gasteiger partial charge in [0.15, 0.2) is 0 Å². The molecule has 1 aromatic carbocycles. The molecule has 2 nitrogen and oxygen atoms in total. The molecule has 0 amide bonds. The lowest BCUT2D eigenvalue weighted by Gasteiger charge is -2.11. The molecule has 1 aromatic heterocycles. The lowest BCUT2D eigenvalue weighted by Crippen LogP contribution is -2.08. The number of rotatable bonds is 2. The molecule has 0 fully saturated rings. The standard InChI is InChI=1S/C12H6ClF4NO/c13-11-6-8(3-4-18-11)19-7-1-2-10(14)9(5-7)12(15,16)17/h1-6H. The first-order chi connectivity index (χ1) is 8.86. The van der Waals surface area contributed by atoms with E-state index in [1.54, 1.807) is 0 Å². The van der Waals surface area contributed by atoms with E-state index in [-0.39, 0.29) is 16.7 Å². The molecule has 0 aliphatic rings. The van der Waals surface area contributed by atoms with Crippen molar-refractivity contribution < 1.29 is 22.3 Å². The topological polar surface area (TPSA) is 22.1 Å². The van der Waals surface area contributed by atoms with Crippen molar-refractivity contribution >= 4 is 11.6 Å². The Balaban J connectivity index is 2.32. The Morgan fingerprint density at radius 3 is 2.37 bits per heavy atom. The van der Waals surface area contributed by atoms with Gasteiger partial charge in [-0.2, -0.15) is 13.2 Å². The van der Waals surface area contributed by atoms with Gasteiger partial charge in [0.25, 0.3) is 0 Å². The van der Waals surface area contributed by atoms with E-state index >= 15 is 0 Å². The molecular weight excluding hydrogens is 286 g/mol. The van der Waals surface area contributed by atoms with Crippen LogP contribution in [0.25, 0.3) is 0 Å². The third-order valence-electron chi connectivity index (χ3n) is 2.18. The molecule has 0 bridgehead atoms. The number of pyridine rings is 1. The van der Waals surface area contributed by atoms with Crippen LogP contribution in [0.2, 0.25) is 5.15 Å². The maximum absolute atomic E-state index is 13.1. The fourth-order valence-corrected chi connectivity index (χ4v) is 1.53. The quantitative estimate of drug-likeness (QED) is 0.592. The van der Waals surface area contributed by atoms with Gasteiger partial charge < -0.3 is 4.74 Å². The van der Waals surface area contributed by atoms with Gasteiger partial charge in [-0.3, -0.25) is 0 Å². The molecule has 0 saturated heterocycles. The van der Waals surface area contributed by atoms with Gasteiger partial charge >= 0.3 is 6.18 Å². The summed E-state index contributed by atoms with van der Waals surface area (Å²) in [7, 11) is 0. The van der Waals surface area contributed by atoms with E-state index in [4.69, 9.17) is 16.3 Å². The zero-order chi connectivity index (χ0) is 14.0. The lowest BCUT2D eigenvalue weighted by molar-refractivity contribution is -0.140. The summed E-state index contributed by atoms with van der Waals surface area (Å²) in [5.74, 6) is -1.29. The lowest BCUT2D eigenvalue weighted by atomic mass is 10.2. The van der Waals surface area contributed by atoms with Crippen LogP contribution >= 0.6 is 11.6 Å². The number of alkyl halides is 3. The van der Waals surface area contributed by atoms with E-state index < -0.39 is 17.6 Å². The number of nitrogens with zero attached hydrogens (tertiary/aromatic N) is 1. The molecule has 2 aromatic rings. The number of aromatic nitrogens is 1. The molecule has 0 aliphatic heterocycles. The highest BCUT2D eigenvalue weighted by Gasteiger charge is 2.34. The van der Waals surface area contributed by atoms with E-state index in [0.29, 0.717) is 12.1 Å². The Hall–Kier alpha value is -1.82. The zero-order valence-corrected chi connectivity index (χ0v) is 9.97. The summed E-state index contributed by atoms with van der Waals surface area (Å²) < 4.78 is 55.7. The highest BCUT2D eigenvalue weighted by atomic mass is 35.5. The summed E-state index contributed by atoms with van der Waals surface area (Å²) in [5.41, 5.74) is -1.38. The second kappa shape index (κ2) is 5.05. The van der Waals surface area contributed by atoms with E-state index in [2.05, 4.69) is 4.98 Å². The average Bonchev–Trinajstić information content (AvgIpc) is 2.30. The minimum atomic E-state index is -4.78. The van der Waals surface area contributed by atoms with Crippen molar-refractivity contribution in [2.24, 2.45) is 0 Å². The monoisotopic (exact) mass is 291 g/mol. The molecule has 0 aliphatic carbocycles. The van der Waals surface area contributed by atoms with Crippen LogP contribution in [0, 0.1) is 5.82 Å². The summed E-state index contributed by atoms with van der Waals surface area (Å²) in [4.78, 5) is 3.70. The Labute approximate surface area is 110 Å². The first kappa shape index (κ1) is 13.6. The second-order valence-electron chi connectivity index (χ2n) is 3.56. The molecule has 0 saturated carbocycles. The van der Waals surface area contributed by atoms with Gasteiger partial charge in [0.2, 0.25) is 0 Å². The minimum Gasteiger partial charge on any atom is -0.457 e. The second-order valence-corrected chi connectivity index (χ2v) is 3.94. The third kappa shape index (κ3) is 3.35. The fraction of sp³-hybridized carbons (Fsp3) is 0.0833. The van der Waals surface area contributed by atoms with Crippen LogP contribution in [-0.4, -0.2) is 4.98 Å². The van der Waals surface area contributed by atoms with Crippen molar-refractivity contribution in [1.82, 2.24) is 4.98 Å². The molecule has 1 heterocycles. The van der Waals surface area contributed by atoms with Crippen LogP contribution < -0.4 is 4.74 Å². The summed E-state index contributed by atoms with van der Waals surface area (Å²) in [6.07, 6.45) is -3.44. The molecule has 2 rings (SSSR count). The smallest absolute Gasteiger partial charge is 0.419 e. The minimum absolute atomic E-state index is 0.135. The molecule has 100 valence electrons. The van der Waals surface area contributed by atoms with Gasteiger partial charge in [0.1, 0.15) is 22.5 Å². The van der Waals surface area contributed by atoms with Crippen LogP contribution in [0.15, 0.2) is 36.5 Å². The van der Waals surface area contributed by atoms with Gasteiger partial charge in [0, 0.05) is 12.3 Å². The van der Waals surface area contributed by atoms with Crippen LogP contribution in [0.1, 0.15) is 5.56 Å². The first-order valence-corrected chi connectivity index (χ1v) is 5.40. The first-order valence-electron chi connectivity index (χ1n) is 5.02. The molecular formula is C12H6ClF4NO. The van der Waals surface area contributed by atoms with Gasteiger partial charge in [-0.05, 0) is 24.3 Å². The molecule has 7 heteroatoms. The van der Waals surface area contributed by atoms with Gasteiger partial charge in [-0.1, -0.05) is 11.6 Å². The normalized spacial score (nSPS) is 11.4. The van der Waals surface area contributed by atoms with E-state index in [1.807, 2.05) is 0 Å². The molecule has 0 radical (unpaired) electrons. The number of ether oxygens (including phenoxy) is 1. The largest absolute Gasteiger partial charge is 0.457 e. The van der Waals surface area contributed by atoms with Crippen LogP contribution in [0.4, 0.5) is 17.6 Å². The predicted octanol–water partition coefficient (Wildman–Crippen LogP) is 4.69. The van der Waals surface area contributed by atoms with E-state index in [1.165, 1.54) is 18.3 Å². The average molecular weight is 292 g/mol. The number of benzene rings is 1. The van der Waals surface area contributed by atoms with Crippen LogP contribution in [0.3, 0.4) is 0 Å². The Morgan fingerprint density at radius 1 is 1.05 bits per heavy atom. The van der Waals surface area contributed by atoms with Gasteiger partial charge in [-0.15, -0.1) is 0 Å². The van der Waals surface area contributed by atoms with Crippen molar-refractivity contribution in [3.63, 3.8) is 0 Å². The number of hydrogen-bond donors (Lipinski definition) is 0. The summed E-state index contributed by atoms with van der Waals surface area (Å²) in [6.45, 7) is 0. The number of hydrogen-bond acceptors (Lipinski definition) is 2. The van der Waals surface area contributed by atoms with Crippen molar-refractivity contribution in [2.75, 3.05) is 0 Å². The summed E-state index contributed by atoms with van der Waals surface area (Å²) in [5, 5.41) is 0.135. The van der Waals surface area contributed by atoms with Crippen molar-refractivity contribution in [1.29, 1.82) is 0 Å². The van der Waals surface area contributed by atoms with E-state index in [0.717, 1.165) is 6.07 Å². The predicted molar refractivity (Wildman–Crippen MR) is 60.7 cm³/mol. The fourth-order valence-electron chi connectivity index (χ4n) is 1.37. The Morgan fingerprint density at radius 2 is 1.74 bits per heavy atom. The highest BCUT2D eigenvalue weighted by molar-refractivity contribution is 6.29. The van der Waals surface area contributed by atoms with Crippen molar-refractivity contribution in [3.8, 4) is 11.5 Å². The molecule has 19 heavy (non-hydrogen) atoms. The molecule has 0 atom stereocenters. The zero-order valence-electron chi connectivity index (χ0n) is 9.21. The van der Waals surface area contributed by atoms with Crippen LogP contribution in [-0.2, 0) is 6.18 Å². The van der Waals surface area contributed by atoms with Crippen molar-refractivity contribution in [3.05, 3.63) is 53.1 Å². The van der Waals surface area contributed by atoms with Gasteiger partial charge in [0.05, 0.1) is 5.56 Å². The molecule has 0 spiro atoms. The maximum atomic E-state index is 13.1. The Bertz CT molecular complexity index is 601.